The summed E-state index contributed by atoms with van der Waals surface area (Å²) in [6.07, 6.45) is 0. The van der Waals surface area contributed by atoms with Crippen LogP contribution >= 0.6 is 0 Å². The Hall–Kier alpha value is -1.59. The van der Waals surface area contributed by atoms with E-state index in [0.29, 0.717) is 18.7 Å². The number of rotatable bonds is 10. The lowest BCUT2D eigenvalue weighted by atomic mass is 9.88. The highest BCUT2D eigenvalue weighted by Gasteiger charge is 2.28. The van der Waals surface area contributed by atoms with E-state index >= 15 is 0 Å². The summed E-state index contributed by atoms with van der Waals surface area (Å²) in [5.74, 6) is 0.935. The average Bonchev–Trinajstić information content (AvgIpc) is 2.59. The lowest BCUT2D eigenvalue weighted by Crippen LogP contribution is -2.55. The number of nitrogens with two attached hydrogens (primary N) is 1. The van der Waals surface area contributed by atoms with E-state index in [0.717, 1.165) is 25.4 Å². The van der Waals surface area contributed by atoms with Crippen molar-refractivity contribution < 1.29 is 9.53 Å². The van der Waals surface area contributed by atoms with Gasteiger partial charge in [0.2, 0.25) is 0 Å². The molecule has 1 aromatic rings. The van der Waals surface area contributed by atoms with Gasteiger partial charge in [0.05, 0.1) is 5.54 Å². The van der Waals surface area contributed by atoms with Gasteiger partial charge in [-0.3, -0.25) is 4.79 Å². The first kappa shape index (κ1) is 20.5. The average molecular weight is 335 g/mol. The lowest BCUT2D eigenvalue weighted by Gasteiger charge is -2.33. The van der Waals surface area contributed by atoms with Gasteiger partial charge in [0.25, 0.3) is 5.91 Å². The third kappa shape index (κ3) is 5.80. The minimum absolute atomic E-state index is 0.105. The van der Waals surface area contributed by atoms with Crippen molar-refractivity contribution in [2.24, 2.45) is 11.7 Å². The molecule has 0 heterocycles. The van der Waals surface area contributed by atoms with Gasteiger partial charge in [0.1, 0.15) is 12.4 Å². The Morgan fingerprint density at radius 1 is 1.25 bits per heavy atom. The second-order valence-corrected chi connectivity index (χ2v) is 6.63. The molecular formula is C19H33N3O2. The number of likely N-dealkylation sites (N-methyl/N-ethyl adjacent to an activating group) is 1. The second kappa shape index (κ2) is 9.64. The van der Waals surface area contributed by atoms with E-state index in [1.165, 1.54) is 0 Å². The van der Waals surface area contributed by atoms with Crippen molar-refractivity contribution in [3.63, 3.8) is 0 Å². The third-order valence-electron chi connectivity index (χ3n) is 4.78. The molecule has 5 heteroatoms. The summed E-state index contributed by atoms with van der Waals surface area (Å²) in [5.41, 5.74) is 6.03. The minimum atomic E-state index is -0.407. The van der Waals surface area contributed by atoms with E-state index in [1.54, 1.807) is 12.1 Å². The summed E-state index contributed by atoms with van der Waals surface area (Å²) in [6, 6.07) is 7.26. The molecule has 0 radical (unpaired) electrons. The van der Waals surface area contributed by atoms with Gasteiger partial charge >= 0.3 is 0 Å². The summed E-state index contributed by atoms with van der Waals surface area (Å²) in [6.45, 7) is 14.4. The van der Waals surface area contributed by atoms with Gasteiger partial charge in [-0.15, -0.1) is 0 Å². The second-order valence-electron chi connectivity index (χ2n) is 6.63. The van der Waals surface area contributed by atoms with E-state index in [9.17, 15) is 4.79 Å². The molecule has 1 amide bonds. The number of ether oxygens (including phenoxy) is 1. The largest absolute Gasteiger partial charge is 0.492 e. The monoisotopic (exact) mass is 335 g/mol. The van der Waals surface area contributed by atoms with Crippen molar-refractivity contribution in [2.45, 2.75) is 40.2 Å². The fourth-order valence-corrected chi connectivity index (χ4v) is 2.30. The van der Waals surface area contributed by atoms with Gasteiger partial charge in [-0.2, -0.15) is 0 Å². The minimum Gasteiger partial charge on any atom is -0.492 e. The standard InChI is InChI=1S/C19H33N3O2/c1-6-22(7-2)12-13-24-17-10-8-16(9-11-17)18(23)21-19(5,14-20)15(3)4/h8-11,15H,6-7,12-14,20H2,1-5H3,(H,21,23). The zero-order valence-electron chi connectivity index (χ0n) is 15.8. The number of nitrogens with one attached hydrogen (secondary N) is 1. The van der Waals surface area contributed by atoms with E-state index in [2.05, 4.69) is 37.9 Å². The molecule has 0 bridgehead atoms. The van der Waals surface area contributed by atoms with Crippen molar-refractivity contribution in [3.8, 4) is 5.75 Å². The summed E-state index contributed by atoms with van der Waals surface area (Å²) < 4.78 is 5.74. The van der Waals surface area contributed by atoms with Crippen LogP contribution in [0.3, 0.4) is 0 Å². The summed E-state index contributed by atoms with van der Waals surface area (Å²) in [4.78, 5) is 14.7. The number of amides is 1. The molecule has 1 aromatic carbocycles. The Kier molecular flexibility index (Phi) is 8.22. The van der Waals surface area contributed by atoms with E-state index in [4.69, 9.17) is 10.5 Å². The maximum atomic E-state index is 12.4. The van der Waals surface area contributed by atoms with Crippen LogP contribution in [-0.4, -0.2) is 49.1 Å². The fraction of sp³-hybridized carbons (Fsp3) is 0.632. The molecule has 24 heavy (non-hydrogen) atoms. The Morgan fingerprint density at radius 2 is 1.83 bits per heavy atom. The molecule has 0 saturated heterocycles. The molecule has 5 nitrogen and oxygen atoms in total. The highest BCUT2D eigenvalue weighted by molar-refractivity contribution is 5.94. The number of carbonyl (C=O) groups is 1. The molecule has 0 spiro atoms. The Labute approximate surface area is 146 Å². The molecule has 0 aromatic heterocycles. The van der Waals surface area contributed by atoms with Crippen molar-refractivity contribution in [3.05, 3.63) is 29.8 Å². The topological polar surface area (TPSA) is 67.6 Å². The number of carbonyl (C=O) groups excluding carboxylic acids is 1. The first-order valence-electron chi connectivity index (χ1n) is 8.84. The molecule has 0 saturated carbocycles. The fourth-order valence-electron chi connectivity index (χ4n) is 2.30. The predicted octanol–water partition coefficient (Wildman–Crippen LogP) is 2.51. The maximum Gasteiger partial charge on any atom is 0.251 e. The zero-order valence-corrected chi connectivity index (χ0v) is 15.8. The molecule has 3 N–H and O–H groups in total. The number of benzene rings is 1. The van der Waals surface area contributed by atoms with Crippen LogP contribution in [0.4, 0.5) is 0 Å². The van der Waals surface area contributed by atoms with Crippen molar-refractivity contribution >= 4 is 5.91 Å². The van der Waals surface area contributed by atoms with Gasteiger partial charge in [0, 0.05) is 18.7 Å². The van der Waals surface area contributed by atoms with Crippen LogP contribution in [0.1, 0.15) is 45.0 Å². The van der Waals surface area contributed by atoms with Crippen LogP contribution in [0.5, 0.6) is 5.75 Å². The molecule has 0 aliphatic rings. The summed E-state index contributed by atoms with van der Waals surface area (Å²) in [5, 5.41) is 3.04. The van der Waals surface area contributed by atoms with Crippen LogP contribution < -0.4 is 15.8 Å². The van der Waals surface area contributed by atoms with Gasteiger partial charge in [-0.1, -0.05) is 27.7 Å². The quantitative estimate of drug-likeness (QED) is 0.689. The highest BCUT2D eigenvalue weighted by Crippen LogP contribution is 2.17. The van der Waals surface area contributed by atoms with Crippen molar-refractivity contribution in [2.75, 3.05) is 32.8 Å². The third-order valence-corrected chi connectivity index (χ3v) is 4.78. The molecule has 0 aliphatic heterocycles. The first-order chi connectivity index (χ1) is 11.4. The predicted molar refractivity (Wildman–Crippen MR) is 99.5 cm³/mol. The van der Waals surface area contributed by atoms with Crippen LogP contribution in [0, 0.1) is 5.92 Å². The molecule has 0 fully saturated rings. The van der Waals surface area contributed by atoms with Crippen molar-refractivity contribution in [1.82, 2.24) is 10.2 Å². The molecular weight excluding hydrogens is 302 g/mol. The number of hydrogen-bond donors (Lipinski definition) is 2. The van der Waals surface area contributed by atoms with Gasteiger partial charge in [-0.05, 0) is 50.2 Å². The number of hydrogen-bond acceptors (Lipinski definition) is 4. The first-order valence-corrected chi connectivity index (χ1v) is 8.84. The van der Waals surface area contributed by atoms with E-state index < -0.39 is 5.54 Å². The van der Waals surface area contributed by atoms with Crippen LogP contribution in [0.15, 0.2) is 24.3 Å². The summed E-state index contributed by atoms with van der Waals surface area (Å²) >= 11 is 0. The normalized spacial score (nSPS) is 13.8. The van der Waals surface area contributed by atoms with Gasteiger partial charge in [0.15, 0.2) is 0 Å². The summed E-state index contributed by atoms with van der Waals surface area (Å²) in [7, 11) is 0. The van der Waals surface area contributed by atoms with Crippen molar-refractivity contribution in [1.29, 1.82) is 0 Å². The highest BCUT2D eigenvalue weighted by atomic mass is 16.5. The lowest BCUT2D eigenvalue weighted by molar-refractivity contribution is 0.0883. The van der Waals surface area contributed by atoms with Crippen LogP contribution in [0.25, 0.3) is 0 Å². The smallest absolute Gasteiger partial charge is 0.251 e. The van der Waals surface area contributed by atoms with Crippen LogP contribution in [0.2, 0.25) is 0 Å². The van der Waals surface area contributed by atoms with Crippen LogP contribution in [-0.2, 0) is 0 Å². The maximum absolute atomic E-state index is 12.4. The molecule has 1 rings (SSSR count). The molecule has 0 aliphatic carbocycles. The van der Waals surface area contributed by atoms with Gasteiger partial charge < -0.3 is 20.7 Å². The molecule has 1 unspecified atom stereocenters. The molecule has 1 atom stereocenters. The Balaban J connectivity index is 2.59. The Bertz CT molecular complexity index is 498. The van der Waals surface area contributed by atoms with E-state index in [1.807, 2.05) is 19.1 Å². The van der Waals surface area contributed by atoms with E-state index in [-0.39, 0.29) is 11.8 Å². The van der Waals surface area contributed by atoms with Gasteiger partial charge in [-0.25, -0.2) is 0 Å². The number of nitrogens with zero attached hydrogens (tertiary/aromatic N) is 1. The Morgan fingerprint density at radius 3 is 2.29 bits per heavy atom. The SMILES string of the molecule is CCN(CC)CCOc1ccc(C(=O)NC(C)(CN)C(C)C)cc1. The molecule has 136 valence electrons. The zero-order chi connectivity index (χ0) is 18.2.